The van der Waals surface area contributed by atoms with Crippen molar-refractivity contribution in [3.05, 3.63) is 0 Å². The molecule has 4 heteroatoms. The highest BCUT2D eigenvalue weighted by Crippen LogP contribution is 2.44. The van der Waals surface area contributed by atoms with Crippen molar-refractivity contribution in [1.29, 1.82) is 0 Å². The lowest BCUT2D eigenvalue weighted by Crippen LogP contribution is -2.43. The zero-order valence-electron chi connectivity index (χ0n) is 10.3. The van der Waals surface area contributed by atoms with Gasteiger partial charge in [0.25, 0.3) is 0 Å². The molecule has 0 amide bonds. The predicted octanol–water partition coefficient (Wildman–Crippen LogP) is 1.35. The molecule has 0 saturated carbocycles. The number of fused-ring (bicyclic) bond motifs is 2. The second-order valence-corrected chi connectivity index (χ2v) is 5.79. The molecule has 3 heterocycles. The molecule has 17 heavy (non-hydrogen) atoms. The zero-order chi connectivity index (χ0) is 12.0. The van der Waals surface area contributed by atoms with Crippen molar-refractivity contribution in [2.75, 3.05) is 13.2 Å². The van der Waals surface area contributed by atoms with E-state index >= 15 is 0 Å². The summed E-state index contributed by atoms with van der Waals surface area (Å²) in [5.41, 5.74) is 0. The van der Waals surface area contributed by atoms with Crippen molar-refractivity contribution in [1.82, 2.24) is 4.90 Å². The van der Waals surface area contributed by atoms with Gasteiger partial charge in [-0.2, -0.15) is 0 Å². The number of hydrogen-bond acceptors (Lipinski definition) is 3. The highest BCUT2D eigenvalue weighted by Gasteiger charge is 2.51. The van der Waals surface area contributed by atoms with Gasteiger partial charge in [-0.15, -0.1) is 0 Å². The Kier molecular flexibility index (Phi) is 2.87. The number of carbonyl (C=O) groups is 1. The van der Waals surface area contributed by atoms with Crippen molar-refractivity contribution < 1.29 is 14.6 Å². The van der Waals surface area contributed by atoms with E-state index in [1.165, 1.54) is 6.42 Å². The van der Waals surface area contributed by atoms with E-state index in [2.05, 4.69) is 11.8 Å². The van der Waals surface area contributed by atoms with Crippen LogP contribution in [-0.2, 0) is 9.53 Å². The van der Waals surface area contributed by atoms with Gasteiger partial charge in [0.05, 0.1) is 12.5 Å². The van der Waals surface area contributed by atoms with Crippen molar-refractivity contribution in [2.24, 2.45) is 11.8 Å². The standard InChI is InChI=1S/C13H21NO3/c1-8(9-4-5-17-7-9)14-10-2-3-12(14)11(6-10)13(15)16/h8-12H,2-7H2,1H3,(H,15,16). The molecule has 4 nitrogen and oxygen atoms in total. The Morgan fingerprint density at radius 3 is 2.82 bits per heavy atom. The minimum atomic E-state index is -0.600. The first-order chi connectivity index (χ1) is 8.18. The van der Waals surface area contributed by atoms with Crippen LogP contribution in [0.1, 0.15) is 32.6 Å². The number of hydrogen-bond donors (Lipinski definition) is 1. The predicted molar refractivity (Wildman–Crippen MR) is 62.8 cm³/mol. The molecule has 1 N–H and O–H groups in total. The summed E-state index contributed by atoms with van der Waals surface area (Å²) in [6.45, 7) is 3.99. The molecule has 3 aliphatic heterocycles. The Bertz CT molecular complexity index is 314. The van der Waals surface area contributed by atoms with Crippen LogP contribution in [0.2, 0.25) is 0 Å². The molecule has 5 unspecified atom stereocenters. The summed E-state index contributed by atoms with van der Waals surface area (Å²) in [6.07, 6.45) is 4.25. The van der Waals surface area contributed by atoms with Gasteiger partial charge in [0.1, 0.15) is 0 Å². The van der Waals surface area contributed by atoms with Crippen LogP contribution in [0.4, 0.5) is 0 Å². The van der Waals surface area contributed by atoms with Crippen LogP contribution in [0.15, 0.2) is 0 Å². The van der Waals surface area contributed by atoms with Crippen LogP contribution in [0.25, 0.3) is 0 Å². The molecule has 2 bridgehead atoms. The Morgan fingerprint density at radius 2 is 2.24 bits per heavy atom. The summed E-state index contributed by atoms with van der Waals surface area (Å²) < 4.78 is 5.46. The minimum absolute atomic E-state index is 0.126. The summed E-state index contributed by atoms with van der Waals surface area (Å²) in [5.74, 6) is -0.124. The molecule has 0 aliphatic carbocycles. The fraction of sp³-hybridized carbons (Fsp3) is 0.923. The fourth-order valence-electron chi connectivity index (χ4n) is 4.11. The van der Waals surface area contributed by atoms with Crippen molar-refractivity contribution >= 4 is 5.97 Å². The molecule has 0 aromatic heterocycles. The first-order valence-corrected chi connectivity index (χ1v) is 6.76. The largest absolute Gasteiger partial charge is 0.481 e. The first-order valence-electron chi connectivity index (χ1n) is 6.76. The summed E-state index contributed by atoms with van der Waals surface area (Å²) in [5, 5.41) is 9.25. The SMILES string of the molecule is CC(C1CCOC1)N1C2CCC1C(C(=O)O)C2. The topological polar surface area (TPSA) is 49.8 Å². The van der Waals surface area contributed by atoms with E-state index in [0.29, 0.717) is 18.0 Å². The van der Waals surface area contributed by atoms with Crippen molar-refractivity contribution in [3.63, 3.8) is 0 Å². The maximum absolute atomic E-state index is 11.2. The minimum Gasteiger partial charge on any atom is -0.481 e. The molecule has 96 valence electrons. The van der Waals surface area contributed by atoms with E-state index in [4.69, 9.17) is 4.74 Å². The smallest absolute Gasteiger partial charge is 0.308 e. The van der Waals surface area contributed by atoms with Crippen molar-refractivity contribution in [2.45, 2.75) is 50.7 Å². The molecule has 0 radical (unpaired) electrons. The number of carboxylic acid groups (broad SMARTS) is 1. The maximum atomic E-state index is 11.2. The molecule has 0 spiro atoms. The van der Waals surface area contributed by atoms with Crippen molar-refractivity contribution in [3.8, 4) is 0 Å². The Hall–Kier alpha value is -0.610. The molecule has 5 atom stereocenters. The van der Waals surface area contributed by atoms with Gasteiger partial charge < -0.3 is 9.84 Å². The lowest BCUT2D eigenvalue weighted by molar-refractivity contribution is -0.142. The molecule has 3 saturated heterocycles. The summed E-state index contributed by atoms with van der Waals surface area (Å²) in [6, 6.07) is 1.28. The van der Waals surface area contributed by atoms with E-state index in [1.54, 1.807) is 0 Å². The average Bonchev–Trinajstić information content (AvgIpc) is 3.03. The maximum Gasteiger partial charge on any atom is 0.308 e. The summed E-state index contributed by atoms with van der Waals surface area (Å²) >= 11 is 0. The van der Waals surface area contributed by atoms with E-state index < -0.39 is 5.97 Å². The van der Waals surface area contributed by atoms with Crippen LogP contribution in [0, 0.1) is 11.8 Å². The number of aliphatic carboxylic acids is 1. The monoisotopic (exact) mass is 239 g/mol. The van der Waals surface area contributed by atoms with Crippen LogP contribution >= 0.6 is 0 Å². The molecular weight excluding hydrogens is 218 g/mol. The van der Waals surface area contributed by atoms with Gasteiger partial charge in [-0.25, -0.2) is 0 Å². The van der Waals surface area contributed by atoms with Gasteiger partial charge in [-0.05, 0) is 38.5 Å². The number of nitrogens with zero attached hydrogens (tertiary/aromatic N) is 1. The van der Waals surface area contributed by atoms with Crippen LogP contribution in [0.5, 0.6) is 0 Å². The second-order valence-electron chi connectivity index (χ2n) is 5.79. The third-order valence-corrected chi connectivity index (χ3v) is 5.03. The summed E-state index contributed by atoms with van der Waals surface area (Å²) in [7, 11) is 0. The van der Waals surface area contributed by atoms with Crippen LogP contribution in [-0.4, -0.2) is 47.3 Å². The molecule has 3 rings (SSSR count). The van der Waals surface area contributed by atoms with E-state index in [0.717, 1.165) is 32.5 Å². The van der Waals surface area contributed by atoms with Gasteiger partial charge >= 0.3 is 5.97 Å². The lowest BCUT2D eigenvalue weighted by Gasteiger charge is -2.33. The highest BCUT2D eigenvalue weighted by atomic mass is 16.5. The summed E-state index contributed by atoms with van der Waals surface area (Å²) in [4.78, 5) is 13.7. The molecule has 3 fully saturated rings. The van der Waals surface area contributed by atoms with E-state index in [9.17, 15) is 9.90 Å². The Morgan fingerprint density at radius 1 is 1.41 bits per heavy atom. The quantitative estimate of drug-likeness (QED) is 0.807. The number of carboxylic acids is 1. The first kappa shape index (κ1) is 11.5. The zero-order valence-corrected chi connectivity index (χ0v) is 10.3. The van der Waals surface area contributed by atoms with Gasteiger partial charge in [0, 0.05) is 24.7 Å². The van der Waals surface area contributed by atoms with Crippen LogP contribution < -0.4 is 0 Å². The van der Waals surface area contributed by atoms with E-state index in [-0.39, 0.29) is 12.0 Å². The fourth-order valence-corrected chi connectivity index (χ4v) is 4.11. The average molecular weight is 239 g/mol. The second kappa shape index (κ2) is 4.25. The molecule has 0 aromatic carbocycles. The third-order valence-electron chi connectivity index (χ3n) is 5.03. The normalized spacial score (nSPS) is 43.1. The molecule has 3 aliphatic rings. The highest BCUT2D eigenvalue weighted by molar-refractivity contribution is 5.71. The molecular formula is C13H21NO3. The lowest BCUT2D eigenvalue weighted by atomic mass is 9.89. The number of ether oxygens (including phenoxy) is 1. The van der Waals surface area contributed by atoms with Gasteiger partial charge in [-0.3, -0.25) is 9.69 Å². The molecule has 0 aromatic rings. The van der Waals surface area contributed by atoms with Crippen LogP contribution in [0.3, 0.4) is 0 Å². The Labute approximate surface area is 102 Å². The van der Waals surface area contributed by atoms with Gasteiger partial charge in [0.2, 0.25) is 0 Å². The number of rotatable bonds is 3. The van der Waals surface area contributed by atoms with Gasteiger partial charge in [-0.1, -0.05) is 0 Å². The Balaban J connectivity index is 1.73. The van der Waals surface area contributed by atoms with E-state index in [1.807, 2.05) is 0 Å². The third kappa shape index (κ3) is 1.78. The van der Waals surface area contributed by atoms with Gasteiger partial charge in [0.15, 0.2) is 0 Å².